The molecule has 0 bridgehead atoms. The van der Waals surface area contributed by atoms with Gasteiger partial charge in [0.25, 0.3) is 10.0 Å². The van der Waals surface area contributed by atoms with E-state index in [4.69, 9.17) is 0 Å². The summed E-state index contributed by atoms with van der Waals surface area (Å²) >= 11 is 0. The van der Waals surface area contributed by atoms with Gasteiger partial charge in [-0.05, 0) is 56.2 Å². The molecule has 0 unspecified atom stereocenters. The number of nitrogens with one attached hydrogen (secondary N) is 1. The molecule has 0 spiro atoms. The van der Waals surface area contributed by atoms with Gasteiger partial charge in [-0.2, -0.15) is 0 Å². The third kappa shape index (κ3) is 4.09. The molecule has 0 aliphatic carbocycles. The maximum absolute atomic E-state index is 12.8. The SMILES string of the molecule is Cc1cc(C)c(S(=O)(=O)Nc2ccc(N(C)c3ccccc3)nn2)c(C)c1. The van der Waals surface area contributed by atoms with Crippen molar-refractivity contribution in [3.8, 4) is 0 Å². The average molecular weight is 382 g/mol. The molecule has 140 valence electrons. The minimum Gasteiger partial charge on any atom is -0.328 e. The van der Waals surface area contributed by atoms with Gasteiger partial charge in [-0.25, -0.2) is 8.42 Å². The molecular formula is C20H22N4O2S. The van der Waals surface area contributed by atoms with Crippen molar-refractivity contribution in [2.45, 2.75) is 25.7 Å². The van der Waals surface area contributed by atoms with Gasteiger partial charge in [-0.1, -0.05) is 35.9 Å². The molecule has 0 saturated heterocycles. The lowest BCUT2D eigenvalue weighted by Crippen LogP contribution is -2.18. The summed E-state index contributed by atoms with van der Waals surface area (Å²) in [7, 11) is -1.87. The van der Waals surface area contributed by atoms with E-state index in [0.717, 1.165) is 11.3 Å². The number of para-hydroxylation sites is 1. The fourth-order valence-electron chi connectivity index (χ4n) is 3.12. The Morgan fingerprint density at radius 1 is 0.889 bits per heavy atom. The van der Waals surface area contributed by atoms with Crippen LogP contribution in [0.1, 0.15) is 16.7 Å². The number of hydrogen-bond donors (Lipinski definition) is 1. The topological polar surface area (TPSA) is 75.2 Å². The number of hydrogen-bond acceptors (Lipinski definition) is 5. The number of rotatable bonds is 5. The van der Waals surface area contributed by atoms with Crippen LogP contribution in [0.25, 0.3) is 0 Å². The highest BCUT2D eigenvalue weighted by Gasteiger charge is 2.21. The summed E-state index contributed by atoms with van der Waals surface area (Å²) in [6, 6.07) is 16.8. The van der Waals surface area contributed by atoms with Crippen LogP contribution in [0.2, 0.25) is 0 Å². The number of aryl methyl sites for hydroxylation is 3. The zero-order valence-electron chi connectivity index (χ0n) is 15.8. The van der Waals surface area contributed by atoms with E-state index in [9.17, 15) is 8.42 Å². The monoisotopic (exact) mass is 382 g/mol. The zero-order chi connectivity index (χ0) is 19.6. The second-order valence-electron chi connectivity index (χ2n) is 6.50. The predicted molar refractivity (Wildman–Crippen MR) is 108 cm³/mol. The van der Waals surface area contributed by atoms with E-state index in [1.807, 2.05) is 61.3 Å². The van der Waals surface area contributed by atoms with Crippen molar-refractivity contribution in [3.05, 3.63) is 71.3 Å². The summed E-state index contributed by atoms with van der Waals surface area (Å²) in [4.78, 5) is 2.15. The molecular weight excluding hydrogens is 360 g/mol. The number of sulfonamides is 1. The molecule has 0 aliphatic rings. The van der Waals surface area contributed by atoms with E-state index in [0.29, 0.717) is 16.9 Å². The molecule has 3 rings (SSSR count). The Bertz CT molecular complexity index is 1030. The third-order valence-corrected chi connectivity index (χ3v) is 5.91. The minimum absolute atomic E-state index is 0.180. The fourth-order valence-corrected chi connectivity index (χ4v) is 4.57. The van der Waals surface area contributed by atoms with E-state index >= 15 is 0 Å². The maximum Gasteiger partial charge on any atom is 0.263 e. The third-order valence-electron chi connectivity index (χ3n) is 4.25. The molecule has 0 atom stereocenters. The predicted octanol–water partition coefficient (Wildman–Crippen LogP) is 3.97. The largest absolute Gasteiger partial charge is 0.328 e. The van der Waals surface area contributed by atoms with Crippen LogP contribution in [0.3, 0.4) is 0 Å². The number of benzene rings is 2. The quantitative estimate of drug-likeness (QED) is 0.723. The Hall–Kier alpha value is -2.93. The molecule has 0 amide bonds. The van der Waals surface area contributed by atoms with Gasteiger partial charge in [-0.3, -0.25) is 4.72 Å². The van der Waals surface area contributed by atoms with E-state index in [2.05, 4.69) is 14.9 Å². The summed E-state index contributed by atoms with van der Waals surface area (Å²) in [6.07, 6.45) is 0. The highest BCUT2D eigenvalue weighted by Crippen LogP contribution is 2.25. The Kier molecular flexibility index (Phi) is 5.14. The van der Waals surface area contributed by atoms with Crippen LogP contribution < -0.4 is 9.62 Å². The smallest absolute Gasteiger partial charge is 0.263 e. The number of nitrogens with zero attached hydrogens (tertiary/aromatic N) is 3. The van der Waals surface area contributed by atoms with Gasteiger partial charge in [0, 0.05) is 12.7 Å². The minimum atomic E-state index is -3.74. The molecule has 7 heteroatoms. The molecule has 0 radical (unpaired) electrons. The second-order valence-corrected chi connectivity index (χ2v) is 8.12. The lowest BCUT2D eigenvalue weighted by atomic mass is 10.1. The standard InChI is InChI=1S/C20H22N4O2S/c1-14-12-15(2)20(16(3)13-14)27(25,26)23-18-10-11-19(22-21-18)24(4)17-8-6-5-7-9-17/h5-13H,1-4H3,(H,21,23). The van der Waals surface area contributed by atoms with E-state index in [1.165, 1.54) is 0 Å². The fraction of sp³-hybridized carbons (Fsp3) is 0.200. The van der Waals surface area contributed by atoms with Gasteiger partial charge >= 0.3 is 0 Å². The average Bonchev–Trinajstić information content (AvgIpc) is 2.61. The molecule has 0 saturated carbocycles. The van der Waals surface area contributed by atoms with Crippen molar-refractivity contribution in [2.24, 2.45) is 0 Å². The molecule has 0 fully saturated rings. The highest BCUT2D eigenvalue weighted by atomic mass is 32.2. The molecule has 1 N–H and O–H groups in total. The van der Waals surface area contributed by atoms with Crippen molar-refractivity contribution in [3.63, 3.8) is 0 Å². The van der Waals surface area contributed by atoms with Crippen LogP contribution in [0.15, 0.2) is 59.5 Å². The van der Waals surface area contributed by atoms with Crippen LogP contribution in [0.4, 0.5) is 17.3 Å². The van der Waals surface area contributed by atoms with Crippen molar-refractivity contribution in [2.75, 3.05) is 16.7 Å². The Morgan fingerprint density at radius 2 is 1.52 bits per heavy atom. The van der Waals surface area contributed by atoms with Crippen LogP contribution >= 0.6 is 0 Å². The lowest BCUT2D eigenvalue weighted by molar-refractivity contribution is 0.599. The highest BCUT2D eigenvalue weighted by molar-refractivity contribution is 7.92. The first-order valence-electron chi connectivity index (χ1n) is 8.51. The van der Waals surface area contributed by atoms with Crippen molar-refractivity contribution >= 4 is 27.3 Å². The van der Waals surface area contributed by atoms with Gasteiger partial charge in [0.15, 0.2) is 11.6 Å². The van der Waals surface area contributed by atoms with Crippen LogP contribution in [-0.2, 0) is 10.0 Å². The first kappa shape index (κ1) is 18.8. The Morgan fingerprint density at radius 3 is 2.07 bits per heavy atom. The van der Waals surface area contributed by atoms with Gasteiger partial charge in [-0.15, -0.1) is 10.2 Å². The maximum atomic E-state index is 12.8. The molecule has 27 heavy (non-hydrogen) atoms. The van der Waals surface area contributed by atoms with E-state index in [1.54, 1.807) is 26.0 Å². The molecule has 0 aliphatic heterocycles. The second kappa shape index (κ2) is 7.36. The van der Waals surface area contributed by atoms with E-state index in [-0.39, 0.29) is 10.7 Å². The summed E-state index contributed by atoms with van der Waals surface area (Å²) in [6.45, 7) is 5.52. The lowest BCUT2D eigenvalue weighted by Gasteiger charge is -2.18. The molecule has 1 heterocycles. The van der Waals surface area contributed by atoms with E-state index < -0.39 is 10.0 Å². The van der Waals surface area contributed by atoms with Crippen molar-refractivity contribution < 1.29 is 8.42 Å². The van der Waals surface area contributed by atoms with Crippen LogP contribution in [-0.4, -0.2) is 25.7 Å². The number of aromatic nitrogens is 2. The summed E-state index contributed by atoms with van der Waals surface area (Å²) in [5.74, 6) is 0.798. The first-order valence-corrected chi connectivity index (χ1v) is 9.99. The van der Waals surface area contributed by atoms with Gasteiger partial charge in [0.2, 0.25) is 0 Å². The molecule has 6 nitrogen and oxygen atoms in total. The number of anilines is 3. The van der Waals surface area contributed by atoms with Gasteiger partial charge in [0.1, 0.15) is 0 Å². The van der Waals surface area contributed by atoms with Gasteiger partial charge in [0.05, 0.1) is 4.90 Å². The summed E-state index contributed by atoms with van der Waals surface area (Å²) in [5, 5.41) is 8.17. The summed E-state index contributed by atoms with van der Waals surface area (Å²) < 4.78 is 28.1. The molecule has 3 aromatic rings. The summed E-state index contributed by atoms with van der Waals surface area (Å²) in [5.41, 5.74) is 3.39. The van der Waals surface area contributed by atoms with Crippen LogP contribution in [0.5, 0.6) is 0 Å². The van der Waals surface area contributed by atoms with Gasteiger partial charge < -0.3 is 4.90 Å². The molecule has 1 aromatic heterocycles. The van der Waals surface area contributed by atoms with Crippen molar-refractivity contribution in [1.82, 2.24) is 10.2 Å². The van der Waals surface area contributed by atoms with Crippen LogP contribution in [0, 0.1) is 20.8 Å². The Labute approximate surface area is 159 Å². The normalized spacial score (nSPS) is 11.3. The Balaban J connectivity index is 1.84. The first-order chi connectivity index (χ1) is 12.8. The van der Waals surface area contributed by atoms with Crippen molar-refractivity contribution in [1.29, 1.82) is 0 Å². The molecule has 2 aromatic carbocycles. The zero-order valence-corrected chi connectivity index (χ0v) is 16.6.